The molecule has 0 spiro atoms. The summed E-state index contributed by atoms with van der Waals surface area (Å²) in [4.78, 5) is 20.8. The van der Waals surface area contributed by atoms with E-state index in [-0.39, 0.29) is 18.1 Å². The molecule has 4 nitrogen and oxygen atoms in total. The zero-order valence-corrected chi connectivity index (χ0v) is 10.7. The molecule has 5 heteroatoms. The molecule has 4 rings (SSSR count). The molecule has 1 aromatic heterocycles. The predicted octanol–water partition coefficient (Wildman–Crippen LogP) is 2.65. The minimum Gasteiger partial charge on any atom is -0.325 e. The molecule has 0 unspecified atom stereocenters. The van der Waals surface area contributed by atoms with Gasteiger partial charge in [0.2, 0.25) is 5.91 Å². The van der Waals surface area contributed by atoms with Gasteiger partial charge in [0.25, 0.3) is 0 Å². The number of carbonyl (C=O) groups excluding carboxylic acids is 1. The summed E-state index contributed by atoms with van der Waals surface area (Å²) in [7, 11) is 0. The highest BCUT2D eigenvalue weighted by Crippen LogP contribution is 2.40. The van der Waals surface area contributed by atoms with E-state index in [1.807, 2.05) is 0 Å². The van der Waals surface area contributed by atoms with E-state index in [1.165, 1.54) is 12.1 Å². The van der Waals surface area contributed by atoms with Crippen LogP contribution in [0.25, 0.3) is 11.3 Å². The van der Waals surface area contributed by atoms with Crippen molar-refractivity contribution in [2.75, 3.05) is 5.32 Å². The van der Waals surface area contributed by atoms with E-state index in [9.17, 15) is 9.18 Å². The summed E-state index contributed by atoms with van der Waals surface area (Å²) >= 11 is 0. The standard InChI is InChI=1S/C15H12FN3O/c16-10-3-4-12-11(6-10)14-9(5-13(20)18-12)7-17-15(19-14)8-1-2-8/h3-4,6-8H,1-2,5H2,(H,18,20). The van der Waals surface area contributed by atoms with Crippen LogP contribution in [0.2, 0.25) is 0 Å². The first kappa shape index (κ1) is 11.5. The molecule has 1 N–H and O–H groups in total. The van der Waals surface area contributed by atoms with Gasteiger partial charge in [-0.1, -0.05) is 0 Å². The van der Waals surface area contributed by atoms with E-state index in [2.05, 4.69) is 15.3 Å². The molecular formula is C15H12FN3O. The SMILES string of the molecule is O=C1Cc2cnc(C3CC3)nc2-c2cc(F)ccc2N1. The molecule has 1 aliphatic carbocycles. The summed E-state index contributed by atoms with van der Waals surface area (Å²) in [6.07, 6.45) is 4.13. The topological polar surface area (TPSA) is 54.9 Å². The number of nitrogens with one attached hydrogen (secondary N) is 1. The minimum absolute atomic E-state index is 0.126. The lowest BCUT2D eigenvalue weighted by Crippen LogP contribution is -2.12. The van der Waals surface area contributed by atoms with Crippen LogP contribution in [0.15, 0.2) is 24.4 Å². The number of hydrogen-bond acceptors (Lipinski definition) is 3. The maximum absolute atomic E-state index is 13.5. The van der Waals surface area contributed by atoms with Crippen LogP contribution in [-0.2, 0) is 11.2 Å². The normalized spacial score (nSPS) is 16.9. The van der Waals surface area contributed by atoms with Crippen molar-refractivity contribution in [3.05, 3.63) is 41.6 Å². The molecule has 0 atom stereocenters. The summed E-state index contributed by atoms with van der Waals surface area (Å²) in [6.45, 7) is 0. The summed E-state index contributed by atoms with van der Waals surface area (Å²) in [5.74, 6) is 0.759. The lowest BCUT2D eigenvalue weighted by molar-refractivity contribution is -0.115. The Hall–Kier alpha value is -2.30. The van der Waals surface area contributed by atoms with Crippen molar-refractivity contribution < 1.29 is 9.18 Å². The second-order valence-electron chi connectivity index (χ2n) is 5.29. The van der Waals surface area contributed by atoms with Gasteiger partial charge in [-0.3, -0.25) is 4.79 Å². The molecular weight excluding hydrogens is 257 g/mol. The molecule has 0 radical (unpaired) electrons. The van der Waals surface area contributed by atoms with E-state index < -0.39 is 0 Å². The molecule has 1 aliphatic heterocycles. The van der Waals surface area contributed by atoms with Crippen LogP contribution in [0, 0.1) is 5.82 Å². The molecule has 0 saturated heterocycles. The molecule has 2 heterocycles. The van der Waals surface area contributed by atoms with Gasteiger partial charge in [0.1, 0.15) is 11.6 Å². The van der Waals surface area contributed by atoms with Crippen molar-refractivity contribution in [3.63, 3.8) is 0 Å². The van der Waals surface area contributed by atoms with Crippen LogP contribution >= 0.6 is 0 Å². The maximum atomic E-state index is 13.5. The summed E-state index contributed by atoms with van der Waals surface area (Å²) in [5.41, 5.74) is 2.66. The Labute approximate surface area is 115 Å². The molecule has 100 valence electrons. The second-order valence-corrected chi connectivity index (χ2v) is 5.29. The number of amides is 1. The van der Waals surface area contributed by atoms with Crippen molar-refractivity contribution in [1.82, 2.24) is 9.97 Å². The number of anilines is 1. The largest absolute Gasteiger partial charge is 0.325 e. The first-order valence-electron chi connectivity index (χ1n) is 6.66. The number of aromatic nitrogens is 2. The van der Waals surface area contributed by atoms with Gasteiger partial charge in [-0.2, -0.15) is 0 Å². The molecule has 0 bridgehead atoms. The second kappa shape index (κ2) is 4.10. The smallest absolute Gasteiger partial charge is 0.228 e. The van der Waals surface area contributed by atoms with Crippen LogP contribution in [0.5, 0.6) is 0 Å². The fraction of sp³-hybridized carbons (Fsp3) is 0.267. The quantitative estimate of drug-likeness (QED) is 0.866. The van der Waals surface area contributed by atoms with Crippen molar-refractivity contribution in [2.24, 2.45) is 0 Å². The van der Waals surface area contributed by atoms with E-state index in [4.69, 9.17) is 0 Å². The molecule has 2 aromatic rings. The molecule has 20 heavy (non-hydrogen) atoms. The third-order valence-corrected chi connectivity index (χ3v) is 3.69. The lowest BCUT2D eigenvalue weighted by Gasteiger charge is -2.09. The fourth-order valence-electron chi connectivity index (χ4n) is 2.51. The van der Waals surface area contributed by atoms with Crippen LogP contribution in [0.3, 0.4) is 0 Å². The van der Waals surface area contributed by atoms with E-state index in [0.717, 1.165) is 24.2 Å². The molecule has 1 saturated carbocycles. The predicted molar refractivity (Wildman–Crippen MR) is 71.7 cm³/mol. The van der Waals surface area contributed by atoms with Gasteiger partial charge in [-0.15, -0.1) is 0 Å². The molecule has 2 aliphatic rings. The first-order chi connectivity index (χ1) is 9.70. The minimum atomic E-state index is -0.336. The van der Waals surface area contributed by atoms with Gasteiger partial charge in [-0.25, -0.2) is 14.4 Å². The van der Waals surface area contributed by atoms with Gasteiger partial charge >= 0.3 is 0 Å². The highest BCUT2D eigenvalue weighted by molar-refractivity contribution is 5.99. The van der Waals surface area contributed by atoms with Crippen molar-refractivity contribution in [2.45, 2.75) is 25.2 Å². The zero-order valence-electron chi connectivity index (χ0n) is 10.7. The number of halogens is 1. The third-order valence-electron chi connectivity index (χ3n) is 3.69. The first-order valence-corrected chi connectivity index (χ1v) is 6.66. The molecule has 1 aromatic carbocycles. The van der Waals surface area contributed by atoms with Gasteiger partial charge in [-0.05, 0) is 31.0 Å². The Kier molecular flexibility index (Phi) is 2.36. The number of benzene rings is 1. The van der Waals surface area contributed by atoms with E-state index >= 15 is 0 Å². The van der Waals surface area contributed by atoms with Gasteiger partial charge < -0.3 is 5.32 Å². The lowest BCUT2D eigenvalue weighted by atomic mass is 10.0. The average molecular weight is 269 g/mol. The molecule has 1 fully saturated rings. The van der Waals surface area contributed by atoms with Gasteiger partial charge in [0.15, 0.2) is 0 Å². The van der Waals surface area contributed by atoms with Crippen LogP contribution in [-0.4, -0.2) is 15.9 Å². The Morgan fingerprint density at radius 3 is 2.95 bits per heavy atom. The summed E-state index contributed by atoms with van der Waals surface area (Å²) in [5, 5.41) is 2.79. The highest BCUT2D eigenvalue weighted by Gasteiger charge is 2.29. The molecule has 1 amide bonds. The Bertz CT molecular complexity index is 725. The fourth-order valence-corrected chi connectivity index (χ4v) is 2.51. The van der Waals surface area contributed by atoms with Gasteiger partial charge in [0, 0.05) is 23.2 Å². The Morgan fingerprint density at radius 2 is 2.15 bits per heavy atom. The monoisotopic (exact) mass is 269 g/mol. The summed E-state index contributed by atoms with van der Waals surface area (Å²) in [6, 6.07) is 4.34. The number of carbonyl (C=O) groups is 1. The van der Waals surface area contributed by atoms with Crippen molar-refractivity contribution in [3.8, 4) is 11.3 Å². The van der Waals surface area contributed by atoms with E-state index in [1.54, 1.807) is 12.3 Å². The number of hydrogen-bond donors (Lipinski definition) is 1. The number of nitrogens with zero attached hydrogens (tertiary/aromatic N) is 2. The van der Waals surface area contributed by atoms with Gasteiger partial charge in [0.05, 0.1) is 17.8 Å². The van der Waals surface area contributed by atoms with E-state index in [0.29, 0.717) is 22.9 Å². The zero-order chi connectivity index (χ0) is 13.7. The third kappa shape index (κ3) is 1.86. The maximum Gasteiger partial charge on any atom is 0.228 e. The summed E-state index contributed by atoms with van der Waals surface area (Å²) < 4.78 is 13.5. The number of fused-ring (bicyclic) bond motifs is 3. The van der Waals surface area contributed by atoms with Crippen LogP contribution < -0.4 is 5.32 Å². The van der Waals surface area contributed by atoms with Crippen molar-refractivity contribution in [1.29, 1.82) is 0 Å². The Morgan fingerprint density at radius 1 is 1.30 bits per heavy atom. The van der Waals surface area contributed by atoms with Crippen LogP contribution in [0.1, 0.15) is 30.1 Å². The Balaban J connectivity index is 1.95. The van der Waals surface area contributed by atoms with Crippen LogP contribution in [0.4, 0.5) is 10.1 Å². The highest BCUT2D eigenvalue weighted by atomic mass is 19.1. The van der Waals surface area contributed by atoms with Crippen molar-refractivity contribution >= 4 is 11.6 Å². The number of rotatable bonds is 1. The average Bonchev–Trinajstić information content (AvgIpc) is 3.25.